The maximum atomic E-state index is 12.0. The summed E-state index contributed by atoms with van der Waals surface area (Å²) in [5.74, 6) is -0.768. The van der Waals surface area contributed by atoms with E-state index in [-0.39, 0.29) is 12.1 Å². The molecule has 0 saturated carbocycles. The van der Waals surface area contributed by atoms with Gasteiger partial charge < -0.3 is 20.1 Å². The number of ether oxygens (including phenoxy) is 1. The van der Waals surface area contributed by atoms with Crippen LogP contribution in [-0.4, -0.2) is 54.4 Å². The zero-order chi connectivity index (χ0) is 14.6. The van der Waals surface area contributed by atoms with Gasteiger partial charge in [-0.05, 0) is 39.0 Å². The van der Waals surface area contributed by atoms with Gasteiger partial charge in [-0.15, -0.1) is 0 Å². The number of carboxylic acids is 1. The second-order valence-electron chi connectivity index (χ2n) is 6.01. The standard InChI is InChI=1S/C14H24N2O4/c1-14(12(17)18)5-8-16(9-6-14)13(19)15-7-4-11-3-2-10-20-11/h11H,2-10H2,1H3,(H,15,19)(H,17,18). The number of nitrogens with one attached hydrogen (secondary N) is 1. The summed E-state index contributed by atoms with van der Waals surface area (Å²) in [6.07, 6.45) is 4.36. The third kappa shape index (κ3) is 3.62. The van der Waals surface area contributed by atoms with E-state index in [1.54, 1.807) is 11.8 Å². The molecule has 0 aromatic rings. The molecule has 114 valence electrons. The Hall–Kier alpha value is -1.30. The Morgan fingerprint density at radius 2 is 2.10 bits per heavy atom. The number of hydrogen-bond acceptors (Lipinski definition) is 3. The molecule has 20 heavy (non-hydrogen) atoms. The van der Waals surface area contributed by atoms with Crippen molar-refractivity contribution in [2.45, 2.75) is 45.1 Å². The first-order valence-electron chi connectivity index (χ1n) is 7.39. The van der Waals surface area contributed by atoms with E-state index < -0.39 is 11.4 Å². The molecule has 0 aliphatic carbocycles. The van der Waals surface area contributed by atoms with Crippen LogP contribution in [0.3, 0.4) is 0 Å². The van der Waals surface area contributed by atoms with Gasteiger partial charge in [-0.2, -0.15) is 0 Å². The Morgan fingerprint density at radius 3 is 2.65 bits per heavy atom. The van der Waals surface area contributed by atoms with Crippen molar-refractivity contribution in [1.29, 1.82) is 0 Å². The Balaban J connectivity index is 1.67. The molecular formula is C14H24N2O4. The van der Waals surface area contributed by atoms with Crippen molar-refractivity contribution in [3.05, 3.63) is 0 Å². The maximum absolute atomic E-state index is 12.0. The fraction of sp³-hybridized carbons (Fsp3) is 0.857. The van der Waals surface area contributed by atoms with Crippen LogP contribution in [-0.2, 0) is 9.53 Å². The molecule has 2 fully saturated rings. The Kier molecular flexibility index (Phi) is 4.86. The number of aliphatic carboxylic acids is 1. The van der Waals surface area contributed by atoms with E-state index in [0.717, 1.165) is 25.9 Å². The molecule has 2 amide bonds. The lowest BCUT2D eigenvalue weighted by Crippen LogP contribution is -2.49. The molecule has 1 unspecified atom stereocenters. The summed E-state index contributed by atoms with van der Waals surface area (Å²) in [4.78, 5) is 24.8. The van der Waals surface area contributed by atoms with Gasteiger partial charge in [-0.25, -0.2) is 4.79 Å². The number of carboxylic acid groups (broad SMARTS) is 1. The fourth-order valence-electron chi connectivity index (χ4n) is 2.74. The lowest BCUT2D eigenvalue weighted by atomic mass is 9.80. The topological polar surface area (TPSA) is 78.9 Å². The van der Waals surface area contributed by atoms with Crippen molar-refractivity contribution in [2.75, 3.05) is 26.2 Å². The molecule has 6 nitrogen and oxygen atoms in total. The van der Waals surface area contributed by atoms with Crippen molar-refractivity contribution < 1.29 is 19.4 Å². The highest BCUT2D eigenvalue weighted by molar-refractivity contribution is 5.76. The predicted molar refractivity (Wildman–Crippen MR) is 73.5 cm³/mol. The highest BCUT2D eigenvalue weighted by Crippen LogP contribution is 2.30. The van der Waals surface area contributed by atoms with Crippen molar-refractivity contribution in [2.24, 2.45) is 5.41 Å². The number of piperidine rings is 1. The van der Waals surface area contributed by atoms with Gasteiger partial charge in [0.05, 0.1) is 11.5 Å². The summed E-state index contributed by atoms with van der Waals surface area (Å²) in [6, 6.07) is -0.0876. The van der Waals surface area contributed by atoms with Gasteiger partial charge in [-0.1, -0.05) is 0 Å². The molecular weight excluding hydrogens is 260 g/mol. The summed E-state index contributed by atoms with van der Waals surface area (Å²) in [5.41, 5.74) is -0.686. The summed E-state index contributed by atoms with van der Waals surface area (Å²) >= 11 is 0. The molecule has 2 aliphatic heterocycles. The number of amides is 2. The lowest BCUT2D eigenvalue weighted by Gasteiger charge is -2.36. The van der Waals surface area contributed by atoms with Gasteiger partial charge in [-0.3, -0.25) is 4.79 Å². The smallest absolute Gasteiger partial charge is 0.317 e. The van der Waals surface area contributed by atoms with Gasteiger partial charge in [0.25, 0.3) is 0 Å². The van der Waals surface area contributed by atoms with Gasteiger partial charge in [0.15, 0.2) is 0 Å². The molecule has 0 aromatic heterocycles. The van der Waals surface area contributed by atoms with Crippen LogP contribution in [0.1, 0.15) is 39.0 Å². The first-order chi connectivity index (χ1) is 9.51. The van der Waals surface area contributed by atoms with E-state index in [2.05, 4.69) is 5.32 Å². The zero-order valence-electron chi connectivity index (χ0n) is 12.1. The molecule has 0 bridgehead atoms. The monoisotopic (exact) mass is 284 g/mol. The van der Waals surface area contributed by atoms with E-state index in [1.165, 1.54) is 0 Å². The molecule has 6 heteroatoms. The quantitative estimate of drug-likeness (QED) is 0.819. The molecule has 2 rings (SSSR count). The molecule has 0 aromatic carbocycles. The van der Waals surface area contributed by atoms with Crippen molar-refractivity contribution in [3.8, 4) is 0 Å². The van der Waals surface area contributed by atoms with Crippen LogP contribution in [0.2, 0.25) is 0 Å². The first kappa shape index (κ1) is 15.1. The minimum Gasteiger partial charge on any atom is -0.481 e. The van der Waals surface area contributed by atoms with E-state index in [1.807, 2.05) is 0 Å². The molecule has 2 N–H and O–H groups in total. The highest BCUT2D eigenvalue weighted by atomic mass is 16.5. The zero-order valence-corrected chi connectivity index (χ0v) is 12.1. The maximum Gasteiger partial charge on any atom is 0.317 e. The second-order valence-corrected chi connectivity index (χ2v) is 6.01. The van der Waals surface area contributed by atoms with Gasteiger partial charge in [0.1, 0.15) is 0 Å². The van der Waals surface area contributed by atoms with Crippen molar-refractivity contribution in [3.63, 3.8) is 0 Å². The van der Waals surface area contributed by atoms with Gasteiger partial charge in [0.2, 0.25) is 0 Å². The number of hydrogen-bond donors (Lipinski definition) is 2. The summed E-state index contributed by atoms with van der Waals surface area (Å²) in [7, 11) is 0. The molecule has 0 spiro atoms. The lowest BCUT2D eigenvalue weighted by molar-refractivity contribution is -0.150. The molecule has 2 heterocycles. The van der Waals surface area contributed by atoms with Gasteiger partial charge in [0, 0.05) is 26.2 Å². The Labute approximate surface area is 119 Å². The van der Waals surface area contributed by atoms with Crippen molar-refractivity contribution in [1.82, 2.24) is 10.2 Å². The number of likely N-dealkylation sites (tertiary alicyclic amines) is 1. The third-order valence-corrected chi connectivity index (χ3v) is 4.44. The third-order valence-electron chi connectivity index (χ3n) is 4.44. The number of carbonyl (C=O) groups is 2. The van der Waals surface area contributed by atoms with E-state index in [4.69, 9.17) is 9.84 Å². The fourth-order valence-corrected chi connectivity index (χ4v) is 2.74. The Morgan fingerprint density at radius 1 is 1.40 bits per heavy atom. The highest BCUT2D eigenvalue weighted by Gasteiger charge is 2.37. The molecule has 2 saturated heterocycles. The van der Waals surface area contributed by atoms with Crippen LogP contribution in [0, 0.1) is 5.41 Å². The minimum atomic E-state index is -0.768. The van der Waals surface area contributed by atoms with E-state index in [9.17, 15) is 9.59 Å². The Bertz CT molecular complexity index is 358. The largest absolute Gasteiger partial charge is 0.481 e. The number of carbonyl (C=O) groups excluding carboxylic acids is 1. The predicted octanol–water partition coefficient (Wildman–Crippen LogP) is 1.45. The summed E-state index contributed by atoms with van der Waals surface area (Å²) < 4.78 is 5.50. The SMILES string of the molecule is CC1(C(=O)O)CCN(C(=O)NCCC2CCCO2)CC1. The molecule has 0 radical (unpaired) electrons. The summed E-state index contributed by atoms with van der Waals surface area (Å²) in [5, 5.41) is 12.0. The first-order valence-corrected chi connectivity index (χ1v) is 7.39. The average molecular weight is 284 g/mol. The van der Waals surface area contributed by atoms with Crippen LogP contribution in [0.15, 0.2) is 0 Å². The number of nitrogens with zero attached hydrogens (tertiary/aromatic N) is 1. The molecule has 1 atom stereocenters. The normalized spacial score (nSPS) is 25.4. The van der Waals surface area contributed by atoms with Crippen LogP contribution in [0.5, 0.6) is 0 Å². The van der Waals surface area contributed by atoms with Crippen LogP contribution in [0.25, 0.3) is 0 Å². The number of rotatable bonds is 4. The summed E-state index contributed by atoms with van der Waals surface area (Å²) in [6.45, 7) is 4.22. The van der Waals surface area contributed by atoms with E-state index >= 15 is 0 Å². The van der Waals surface area contributed by atoms with Crippen LogP contribution < -0.4 is 5.32 Å². The van der Waals surface area contributed by atoms with Gasteiger partial charge >= 0.3 is 12.0 Å². The van der Waals surface area contributed by atoms with Crippen LogP contribution in [0.4, 0.5) is 4.79 Å². The minimum absolute atomic E-state index is 0.0876. The van der Waals surface area contributed by atoms with E-state index in [0.29, 0.717) is 32.5 Å². The second kappa shape index (κ2) is 6.43. The average Bonchev–Trinajstić information content (AvgIpc) is 2.92. The van der Waals surface area contributed by atoms with Crippen molar-refractivity contribution >= 4 is 12.0 Å². The number of urea groups is 1. The van der Waals surface area contributed by atoms with Crippen LogP contribution >= 0.6 is 0 Å². The molecule has 2 aliphatic rings.